The molecule has 0 aromatic heterocycles. The fourth-order valence-corrected chi connectivity index (χ4v) is 2.34. The molecule has 5 heteroatoms. The van der Waals surface area contributed by atoms with Crippen molar-refractivity contribution >= 4 is 5.97 Å². The van der Waals surface area contributed by atoms with Crippen LogP contribution in [0.5, 0.6) is 5.75 Å². The Labute approximate surface area is 170 Å². The molecular formula is C20H34INO3. The van der Waals surface area contributed by atoms with Crippen molar-refractivity contribution in [3.05, 3.63) is 29.8 Å². The number of carbonyl (C=O) groups is 1. The quantitative estimate of drug-likeness (QED) is 0.203. The zero-order chi connectivity index (χ0) is 17.8. The minimum absolute atomic E-state index is 0. The van der Waals surface area contributed by atoms with Crippen molar-refractivity contribution in [1.82, 2.24) is 0 Å². The third-order valence-electron chi connectivity index (χ3n) is 3.81. The SMILES string of the molecule is CCCCCCOc1ccc(C(=O)OCCCC[N+](C)(C)C)cc1.[I-]. The van der Waals surface area contributed by atoms with Crippen molar-refractivity contribution in [1.29, 1.82) is 0 Å². The lowest BCUT2D eigenvalue weighted by Crippen LogP contribution is -3.00. The maximum absolute atomic E-state index is 12.0. The Morgan fingerprint density at radius 2 is 1.56 bits per heavy atom. The summed E-state index contributed by atoms with van der Waals surface area (Å²) in [6.45, 7) is 4.49. The first kappa shape index (κ1) is 24.2. The number of nitrogens with zero attached hydrogens (tertiary/aromatic N) is 1. The first-order valence-electron chi connectivity index (χ1n) is 9.13. The highest BCUT2D eigenvalue weighted by Crippen LogP contribution is 2.14. The van der Waals surface area contributed by atoms with Gasteiger partial charge in [-0.3, -0.25) is 0 Å². The third-order valence-corrected chi connectivity index (χ3v) is 3.81. The van der Waals surface area contributed by atoms with Gasteiger partial charge < -0.3 is 37.9 Å². The molecule has 0 radical (unpaired) electrons. The second-order valence-electron chi connectivity index (χ2n) is 7.29. The number of carbonyl (C=O) groups excluding carboxylic acids is 1. The van der Waals surface area contributed by atoms with E-state index in [1.807, 2.05) is 12.1 Å². The van der Waals surface area contributed by atoms with Gasteiger partial charge in [0.05, 0.1) is 46.5 Å². The molecule has 25 heavy (non-hydrogen) atoms. The van der Waals surface area contributed by atoms with Gasteiger partial charge >= 0.3 is 5.97 Å². The zero-order valence-electron chi connectivity index (χ0n) is 16.2. The number of esters is 1. The first-order chi connectivity index (χ1) is 11.4. The summed E-state index contributed by atoms with van der Waals surface area (Å²) < 4.78 is 11.9. The number of unbranched alkanes of at least 4 members (excludes halogenated alkanes) is 4. The molecule has 0 saturated heterocycles. The van der Waals surface area contributed by atoms with Gasteiger partial charge in [-0.15, -0.1) is 0 Å². The number of hydrogen-bond donors (Lipinski definition) is 0. The number of halogens is 1. The molecule has 0 aliphatic carbocycles. The van der Waals surface area contributed by atoms with E-state index < -0.39 is 0 Å². The standard InChI is InChI=1S/C20H34NO3.HI/c1-5-6-7-9-16-23-19-13-11-18(12-14-19)20(22)24-17-10-8-15-21(2,3)4;/h11-14H,5-10,15-17H2,1-4H3;1H/q+1;/p-1. The number of ether oxygens (including phenoxy) is 2. The second-order valence-corrected chi connectivity index (χ2v) is 7.29. The second kappa shape index (κ2) is 13.4. The minimum atomic E-state index is -0.255. The molecule has 0 spiro atoms. The molecule has 0 unspecified atom stereocenters. The summed E-state index contributed by atoms with van der Waals surface area (Å²) >= 11 is 0. The molecule has 4 nitrogen and oxygen atoms in total. The molecule has 0 aliphatic rings. The van der Waals surface area contributed by atoms with Gasteiger partial charge in [0, 0.05) is 0 Å². The molecule has 0 N–H and O–H groups in total. The average Bonchev–Trinajstić information content (AvgIpc) is 2.53. The third kappa shape index (κ3) is 12.2. The highest BCUT2D eigenvalue weighted by atomic mass is 127. The lowest BCUT2D eigenvalue weighted by molar-refractivity contribution is -0.870. The van der Waals surface area contributed by atoms with E-state index in [1.165, 1.54) is 19.3 Å². The van der Waals surface area contributed by atoms with Gasteiger partial charge in [0.25, 0.3) is 0 Å². The molecule has 1 rings (SSSR count). The molecule has 0 amide bonds. The number of quaternary nitrogens is 1. The average molecular weight is 463 g/mol. The van der Waals surface area contributed by atoms with E-state index >= 15 is 0 Å². The van der Waals surface area contributed by atoms with Gasteiger partial charge in [0.15, 0.2) is 0 Å². The van der Waals surface area contributed by atoms with E-state index in [0.29, 0.717) is 12.2 Å². The van der Waals surface area contributed by atoms with Crippen LogP contribution in [0.4, 0.5) is 0 Å². The maximum atomic E-state index is 12.0. The van der Waals surface area contributed by atoms with Gasteiger partial charge in [0.1, 0.15) is 5.75 Å². The smallest absolute Gasteiger partial charge is 0.338 e. The molecule has 1 aromatic carbocycles. The summed E-state index contributed by atoms with van der Waals surface area (Å²) in [5, 5.41) is 0. The predicted molar refractivity (Wildman–Crippen MR) is 98.5 cm³/mol. The number of hydrogen-bond acceptors (Lipinski definition) is 3. The van der Waals surface area contributed by atoms with Crippen LogP contribution >= 0.6 is 0 Å². The van der Waals surface area contributed by atoms with Crippen LogP contribution in [0.15, 0.2) is 24.3 Å². The van der Waals surface area contributed by atoms with Gasteiger partial charge in [-0.05, 0) is 43.5 Å². The van der Waals surface area contributed by atoms with Crippen LogP contribution in [0.1, 0.15) is 55.8 Å². The van der Waals surface area contributed by atoms with Crippen LogP contribution in [-0.2, 0) is 4.74 Å². The van der Waals surface area contributed by atoms with E-state index in [2.05, 4.69) is 28.1 Å². The normalized spacial score (nSPS) is 10.9. The molecule has 0 bridgehead atoms. The van der Waals surface area contributed by atoms with Crippen molar-refractivity contribution in [2.75, 3.05) is 40.9 Å². The monoisotopic (exact) mass is 463 g/mol. The fraction of sp³-hybridized carbons (Fsp3) is 0.650. The van der Waals surface area contributed by atoms with E-state index in [4.69, 9.17) is 9.47 Å². The lowest BCUT2D eigenvalue weighted by Gasteiger charge is -2.23. The summed E-state index contributed by atoms with van der Waals surface area (Å²) in [6.07, 6.45) is 6.72. The van der Waals surface area contributed by atoms with Gasteiger partial charge in [-0.1, -0.05) is 26.2 Å². The Morgan fingerprint density at radius 3 is 2.16 bits per heavy atom. The Hall–Kier alpha value is -0.820. The fourth-order valence-electron chi connectivity index (χ4n) is 2.34. The van der Waals surface area contributed by atoms with Crippen molar-refractivity contribution in [3.63, 3.8) is 0 Å². The highest BCUT2D eigenvalue weighted by molar-refractivity contribution is 5.89. The molecule has 0 atom stereocenters. The van der Waals surface area contributed by atoms with Gasteiger partial charge in [-0.2, -0.15) is 0 Å². The van der Waals surface area contributed by atoms with E-state index in [9.17, 15) is 4.79 Å². The van der Waals surface area contributed by atoms with Crippen LogP contribution in [-0.4, -0.2) is 51.4 Å². The van der Waals surface area contributed by atoms with E-state index in [0.717, 1.165) is 42.6 Å². The molecule has 144 valence electrons. The predicted octanol–water partition coefficient (Wildman–Crippen LogP) is 1.29. The molecule has 0 saturated carbocycles. The highest BCUT2D eigenvalue weighted by Gasteiger charge is 2.09. The lowest BCUT2D eigenvalue weighted by atomic mass is 10.2. The van der Waals surface area contributed by atoms with Crippen LogP contribution in [0.3, 0.4) is 0 Å². The zero-order valence-corrected chi connectivity index (χ0v) is 18.4. The molecule has 0 heterocycles. The Balaban J connectivity index is 0.00000576. The van der Waals surface area contributed by atoms with Crippen molar-refractivity contribution in [2.24, 2.45) is 0 Å². The van der Waals surface area contributed by atoms with Crippen LogP contribution in [0, 0.1) is 0 Å². The maximum Gasteiger partial charge on any atom is 0.338 e. The van der Waals surface area contributed by atoms with E-state index in [-0.39, 0.29) is 29.9 Å². The first-order valence-corrected chi connectivity index (χ1v) is 9.13. The number of benzene rings is 1. The Morgan fingerprint density at radius 1 is 0.920 bits per heavy atom. The van der Waals surface area contributed by atoms with E-state index in [1.54, 1.807) is 12.1 Å². The molecule has 0 aliphatic heterocycles. The largest absolute Gasteiger partial charge is 1.00 e. The van der Waals surface area contributed by atoms with Crippen molar-refractivity contribution in [3.8, 4) is 5.75 Å². The van der Waals surface area contributed by atoms with Crippen molar-refractivity contribution < 1.29 is 42.7 Å². The van der Waals surface area contributed by atoms with Crippen LogP contribution < -0.4 is 28.7 Å². The van der Waals surface area contributed by atoms with Crippen molar-refractivity contribution in [2.45, 2.75) is 45.4 Å². The molecule has 1 aromatic rings. The minimum Gasteiger partial charge on any atom is -1.00 e. The Kier molecular flexibility index (Phi) is 13.0. The van der Waals surface area contributed by atoms with Crippen LogP contribution in [0.2, 0.25) is 0 Å². The summed E-state index contributed by atoms with van der Waals surface area (Å²) in [5.74, 6) is 0.556. The summed E-state index contributed by atoms with van der Waals surface area (Å²) in [6, 6.07) is 7.23. The van der Waals surface area contributed by atoms with Gasteiger partial charge in [0.2, 0.25) is 0 Å². The summed E-state index contributed by atoms with van der Waals surface area (Å²) in [4.78, 5) is 12.0. The molecule has 0 fully saturated rings. The van der Waals surface area contributed by atoms with Crippen LogP contribution in [0.25, 0.3) is 0 Å². The summed E-state index contributed by atoms with van der Waals surface area (Å²) in [7, 11) is 6.50. The van der Waals surface area contributed by atoms with Gasteiger partial charge in [-0.25, -0.2) is 4.79 Å². The topological polar surface area (TPSA) is 35.5 Å². The molecular weight excluding hydrogens is 429 g/mol. The number of rotatable bonds is 12. The summed E-state index contributed by atoms with van der Waals surface area (Å²) in [5.41, 5.74) is 0.583. The Bertz CT molecular complexity index is 469.